The van der Waals surface area contributed by atoms with Crippen LogP contribution in [-0.2, 0) is 4.79 Å². The summed E-state index contributed by atoms with van der Waals surface area (Å²) in [6, 6.07) is -0.833. The van der Waals surface area contributed by atoms with Gasteiger partial charge in [0.25, 0.3) is 0 Å². The van der Waals surface area contributed by atoms with Crippen LogP contribution in [0, 0.1) is 0 Å². The van der Waals surface area contributed by atoms with Gasteiger partial charge in [-0.05, 0) is 0 Å². The van der Waals surface area contributed by atoms with Crippen molar-refractivity contribution >= 4 is 29.9 Å². The van der Waals surface area contributed by atoms with Crippen LogP contribution in [0.1, 0.15) is 0 Å². The molecule has 0 saturated carbocycles. The molecule has 0 aliphatic rings. The van der Waals surface area contributed by atoms with E-state index < -0.39 is 6.03 Å². The zero-order valence-corrected chi connectivity index (χ0v) is 5.30. The normalized spacial score (nSPS) is 4.00. The molecular formula is C2H6N2O2Se. The molecule has 0 bridgehead atoms. The average Bonchev–Trinajstić information content (AvgIpc) is 1.41. The fourth-order valence-corrected chi connectivity index (χ4v) is 0. The topological polar surface area (TPSA) is 86.2 Å². The largest absolute Gasteiger partial charge is 0.352 e. The minimum absolute atomic E-state index is 0. The Labute approximate surface area is 51.7 Å². The molecule has 4 nitrogen and oxygen atoms in total. The molecule has 0 aliphatic heterocycles. The van der Waals surface area contributed by atoms with Gasteiger partial charge in [0.1, 0.15) is 6.79 Å². The molecule has 0 heterocycles. The summed E-state index contributed by atoms with van der Waals surface area (Å²) in [4.78, 5) is 17.0. The Hall–Kier alpha value is -0.541. The van der Waals surface area contributed by atoms with E-state index in [2.05, 4.69) is 11.5 Å². The zero-order chi connectivity index (χ0) is 5.58. The van der Waals surface area contributed by atoms with Gasteiger partial charge in [-0.3, -0.25) is 0 Å². The van der Waals surface area contributed by atoms with Crippen LogP contribution in [0.15, 0.2) is 0 Å². The number of carbonyl (C=O) groups excluding carboxylic acids is 2. The predicted molar refractivity (Wildman–Crippen MR) is 26.6 cm³/mol. The van der Waals surface area contributed by atoms with Crippen molar-refractivity contribution in [1.82, 2.24) is 0 Å². The van der Waals surface area contributed by atoms with Gasteiger partial charge < -0.3 is 16.3 Å². The molecule has 0 spiro atoms. The van der Waals surface area contributed by atoms with E-state index in [9.17, 15) is 0 Å². The van der Waals surface area contributed by atoms with Crippen LogP contribution in [0.25, 0.3) is 0 Å². The van der Waals surface area contributed by atoms with Crippen molar-refractivity contribution in [3.63, 3.8) is 0 Å². The maximum absolute atomic E-state index is 9.00. The first-order chi connectivity index (χ1) is 2.73. The van der Waals surface area contributed by atoms with Gasteiger partial charge >= 0.3 is 6.03 Å². The summed E-state index contributed by atoms with van der Waals surface area (Å²) in [7, 11) is 0. The van der Waals surface area contributed by atoms with E-state index in [4.69, 9.17) is 9.59 Å². The van der Waals surface area contributed by atoms with Gasteiger partial charge in [0.05, 0.1) is 0 Å². The Bertz CT molecular complexity index is 45.0. The summed E-state index contributed by atoms with van der Waals surface area (Å²) in [5, 5.41) is 0. The third-order valence-electron chi connectivity index (χ3n) is 0. The van der Waals surface area contributed by atoms with E-state index >= 15 is 0 Å². The van der Waals surface area contributed by atoms with Crippen molar-refractivity contribution in [3.8, 4) is 0 Å². The molecule has 4 N–H and O–H groups in total. The van der Waals surface area contributed by atoms with Gasteiger partial charge in [-0.25, -0.2) is 4.79 Å². The average molecular weight is 169 g/mol. The van der Waals surface area contributed by atoms with Crippen LogP contribution in [0.3, 0.4) is 0 Å². The van der Waals surface area contributed by atoms with Crippen molar-refractivity contribution in [2.24, 2.45) is 11.5 Å². The summed E-state index contributed by atoms with van der Waals surface area (Å²) in [6.07, 6.45) is 0. The molecule has 0 unspecified atom stereocenters. The molecular weight excluding hydrogens is 163 g/mol. The number of hydrogen-bond donors (Lipinski definition) is 2. The third kappa shape index (κ3) is 224. The Morgan fingerprint density at radius 1 is 1.29 bits per heavy atom. The number of urea groups is 1. The Morgan fingerprint density at radius 3 is 1.29 bits per heavy atom. The number of primary amides is 2. The zero-order valence-electron chi connectivity index (χ0n) is 3.59. The van der Waals surface area contributed by atoms with Crippen molar-refractivity contribution in [1.29, 1.82) is 0 Å². The second kappa shape index (κ2) is 17.9. The molecule has 0 aromatic rings. The van der Waals surface area contributed by atoms with Gasteiger partial charge in [-0.15, -0.1) is 0 Å². The Morgan fingerprint density at radius 2 is 1.29 bits per heavy atom. The van der Waals surface area contributed by atoms with Gasteiger partial charge in [-0.2, -0.15) is 0 Å². The first-order valence-electron chi connectivity index (χ1n) is 1.07. The van der Waals surface area contributed by atoms with Crippen molar-refractivity contribution < 1.29 is 9.59 Å². The molecule has 0 atom stereocenters. The van der Waals surface area contributed by atoms with E-state index in [-0.39, 0.29) is 17.1 Å². The number of rotatable bonds is 0. The summed E-state index contributed by atoms with van der Waals surface area (Å²) in [5.74, 6) is 0. The first-order valence-corrected chi connectivity index (χ1v) is 1.07. The number of hydrogen-bond acceptors (Lipinski definition) is 2. The van der Waals surface area contributed by atoms with E-state index in [0.29, 0.717) is 0 Å². The third-order valence-corrected chi connectivity index (χ3v) is 0. The molecule has 0 aliphatic carbocycles. The number of carbonyl (C=O) groups is 2. The van der Waals surface area contributed by atoms with Crippen LogP contribution in [0.5, 0.6) is 0 Å². The number of amides is 2. The summed E-state index contributed by atoms with van der Waals surface area (Å²) >= 11 is 0. The molecule has 2 radical (unpaired) electrons. The molecule has 7 heavy (non-hydrogen) atoms. The molecule has 0 aromatic carbocycles. The van der Waals surface area contributed by atoms with Crippen molar-refractivity contribution in [2.75, 3.05) is 0 Å². The van der Waals surface area contributed by atoms with Crippen LogP contribution < -0.4 is 11.5 Å². The standard InChI is InChI=1S/CH4N2O.CH2O.Se/c2-1(3)4;1-2;/h(H4,2,3,4);1H2;. The predicted octanol–water partition coefficient (Wildman–Crippen LogP) is -1.54. The van der Waals surface area contributed by atoms with Gasteiger partial charge in [0, 0.05) is 17.1 Å². The van der Waals surface area contributed by atoms with E-state index in [1.54, 1.807) is 0 Å². The quantitative estimate of drug-likeness (QED) is 0.430. The monoisotopic (exact) mass is 170 g/mol. The van der Waals surface area contributed by atoms with E-state index in [1.807, 2.05) is 6.79 Å². The van der Waals surface area contributed by atoms with Crippen LogP contribution in [-0.4, -0.2) is 29.9 Å². The molecule has 5 heteroatoms. The summed E-state index contributed by atoms with van der Waals surface area (Å²) in [5.41, 5.74) is 8.50. The Balaban J connectivity index is -0.0000000480. The van der Waals surface area contributed by atoms with Crippen LogP contribution >= 0.6 is 0 Å². The minimum atomic E-state index is -0.833. The first kappa shape index (κ1) is 16.1. The minimum Gasteiger partial charge on any atom is -0.352 e. The smallest absolute Gasteiger partial charge is 0.309 e. The van der Waals surface area contributed by atoms with Crippen molar-refractivity contribution in [3.05, 3.63) is 0 Å². The van der Waals surface area contributed by atoms with Crippen LogP contribution in [0.2, 0.25) is 0 Å². The fourth-order valence-electron chi connectivity index (χ4n) is 0. The van der Waals surface area contributed by atoms with Gasteiger partial charge in [0.2, 0.25) is 0 Å². The summed E-state index contributed by atoms with van der Waals surface area (Å²) < 4.78 is 0. The molecule has 42 valence electrons. The van der Waals surface area contributed by atoms with Crippen molar-refractivity contribution in [2.45, 2.75) is 0 Å². The van der Waals surface area contributed by atoms with Gasteiger partial charge in [0.15, 0.2) is 0 Å². The maximum Gasteiger partial charge on any atom is 0.309 e. The molecule has 0 rings (SSSR count). The van der Waals surface area contributed by atoms with E-state index in [1.165, 1.54) is 0 Å². The second-order valence-electron chi connectivity index (χ2n) is 0.402. The van der Waals surface area contributed by atoms with Crippen LogP contribution in [0.4, 0.5) is 4.79 Å². The van der Waals surface area contributed by atoms with E-state index in [0.717, 1.165) is 0 Å². The Kier molecular flexibility index (Phi) is 41.2. The number of nitrogens with two attached hydrogens (primary N) is 2. The second-order valence-corrected chi connectivity index (χ2v) is 0.402. The maximum atomic E-state index is 9.00. The summed E-state index contributed by atoms with van der Waals surface area (Å²) in [6.45, 7) is 2.00. The fraction of sp³-hybridized carbons (Fsp3) is 0. The SMILES string of the molecule is C=O.NC(N)=O.[Se]. The molecule has 2 amide bonds. The molecule has 0 fully saturated rings. The molecule has 0 aromatic heterocycles. The van der Waals surface area contributed by atoms with Gasteiger partial charge in [-0.1, -0.05) is 0 Å². The molecule has 0 saturated heterocycles.